The zero-order chi connectivity index (χ0) is 31.2. The van der Waals surface area contributed by atoms with Crippen LogP contribution in [-0.2, 0) is 25.1 Å². The molecular weight excluding hydrogens is 556 g/mol. The molecule has 0 aliphatic carbocycles. The van der Waals surface area contributed by atoms with Gasteiger partial charge in [-0.1, -0.05) is 63.6 Å². The van der Waals surface area contributed by atoms with Crippen LogP contribution in [0.15, 0.2) is 42.5 Å². The number of hydrogen-bond acceptors (Lipinski definition) is 6. The number of ether oxygens (including phenoxy) is 2. The first-order valence-corrected chi connectivity index (χ1v) is 17.5. The summed E-state index contributed by atoms with van der Waals surface area (Å²) in [7, 11) is -0.889. The maximum atomic E-state index is 13.9. The lowest BCUT2D eigenvalue weighted by Gasteiger charge is -2.43. The van der Waals surface area contributed by atoms with Crippen LogP contribution in [0.4, 0.5) is 10.5 Å². The van der Waals surface area contributed by atoms with Crippen molar-refractivity contribution in [1.29, 1.82) is 0 Å². The summed E-state index contributed by atoms with van der Waals surface area (Å²) >= 11 is 6.43. The summed E-state index contributed by atoms with van der Waals surface area (Å²) in [6.45, 7) is 21.4. The van der Waals surface area contributed by atoms with E-state index in [2.05, 4.69) is 40.8 Å². The van der Waals surface area contributed by atoms with E-state index in [1.165, 1.54) is 7.11 Å². The van der Waals surface area contributed by atoms with Crippen LogP contribution in [-0.4, -0.2) is 51.2 Å². The minimum atomic E-state index is -2.27. The molecular formula is C32H49ClN2O5Si. The van der Waals surface area contributed by atoms with E-state index >= 15 is 0 Å². The molecule has 0 aliphatic heterocycles. The first-order valence-electron chi connectivity index (χ1n) is 14.3. The van der Waals surface area contributed by atoms with E-state index in [0.29, 0.717) is 11.6 Å². The van der Waals surface area contributed by atoms with Gasteiger partial charge < -0.3 is 13.9 Å². The topological polar surface area (TPSA) is 68.3 Å². The molecule has 1 amide bonds. The Morgan fingerprint density at radius 1 is 1.02 bits per heavy atom. The van der Waals surface area contributed by atoms with Gasteiger partial charge in [0.05, 0.1) is 31.9 Å². The molecule has 0 radical (unpaired) electrons. The number of halogens is 1. The van der Waals surface area contributed by atoms with Crippen LogP contribution in [0.1, 0.15) is 77.7 Å². The van der Waals surface area contributed by atoms with Gasteiger partial charge in [0.2, 0.25) is 0 Å². The largest absolute Gasteiger partial charge is 0.469 e. The van der Waals surface area contributed by atoms with E-state index in [1.54, 1.807) is 5.01 Å². The van der Waals surface area contributed by atoms with Crippen LogP contribution in [0.25, 0.3) is 0 Å². The summed E-state index contributed by atoms with van der Waals surface area (Å²) in [6.07, 6.45) is 0.0570. The van der Waals surface area contributed by atoms with Crippen molar-refractivity contribution in [2.45, 2.75) is 98.1 Å². The number of carbonyl (C=O) groups is 2. The van der Waals surface area contributed by atoms with E-state index in [0.717, 1.165) is 28.8 Å². The number of rotatable bonds is 11. The second-order valence-corrected chi connectivity index (χ2v) is 18.2. The molecule has 7 nitrogen and oxygen atoms in total. The summed E-state index contributed by atoms with van der Waals surface area (Å²) in [5.41, 5.74) is 2.83. The van der Waals surface area contributed by atoms with Crippen molar-refractivity contribution in [3.63, 3.8) is 0 Å². The molecule has 41 heavy (non-hydrogen) atoms. The maximum absolute atomic E-state index is 13.9. The van der Waals surface area contributed by atoms with Crippen LogP contribution in [0.3, 0.4) is 0 Å². The van der Waals surface area contributed by atoms with Crippen LogP contribution in [0, 0.1) is 6.92 Å². The van der Waals surface area contributed by atoms with Crippen molar-refractivity contribution in [3.05, 3.63) is 64.2 Å². The smallest absolute Gasteiger partial charge is 0.429 e. The standard InChI is InChI=1S/C32H49ClN2O5Si/c1-12-18-34(27-17-16-24(19-23(27)2)20-29(36)38-9)35(30(37)39-31(3,4)5)22-28(25-14-13-15-26(33)21-25)40-41(10,11)32(6,7)8/h13-17,19,21,28H,12,18,20,22H2,1-11H3/t28-/m0/s1. The molecule has 2 aromatic carbocycles. The van der Waals surface area contributed by atoms with Gasteiger partial charge in [0.15, 0.2) is 8.32 Å². The highest BCUT2D eigenvalue weighted by molar-refractivity contribution is 6.74. The monoisotopic (exact) mass is 604 g/mol. The zero-order valence-corrected chi connectivity index (χ0v) is 28.5. The summed E-state index contributed by atoms with van der Waals surface area (Å²) in [4.78, 5) is 25.8. The number of amides is 1. The van der Waals surface area contributed by atoms with Gasteiger partial charge in [-0.15, -0.1) is 0 Å². The Kier molecular flexibility index (Phi) is 11.9. The fourth-order valence-electron chi connectivity index (χ4n) is 4.13. The molecule has 2 aromatic rings. The zero-order valence-electron chi connectivity index (χ0n) is 26.8. The van der Waals surface area contributed by atoms with Crippen molar-refractivity contribution in [2.24, 2.45) is 0 Å². The van der Waals surface area contributed by atoms with Gasteiger partial charge >= 0.3 is 12.1 Å². The lowest BCUT2D eigenvalue weighted by molar-refractivity contribution is -0.139. The minimum Gasteiger partial charge on any atom is -0.469 e. The Morgan fingerprint density at radius 3 is 2.20 bits per heavy atom. The van der Waals surface area contributed by atoms with Gasteiger partial charge in [-0.25, -0.2) is 9.80 Å². The summed E-state index contributed by atoms with van der Waals surface area (Å²) in [5.74, 6) is -0.301. The lowest BCUT2D eigenvalue weighted by Crippen LogP contribution is -2.52. The van der Waals surface area contributed by atoms with Gasteiger partial charge in [-0.05, 0) is 87.1 Å². The number of esters is 1. The summed E-state index contributed by atoms with van der Waals surface area (Å²) < 4.78 is 17.8. The molecule has 0 aliphatic rings. The van der Waals surface area contributed by atoms with Gasteiger partial charge in [-0.3, -0.25) is 9.80 Å². The number of hydrogen-bond donors (Lipinski definition) is 0. The van der Waals surface area contributed by atoms with Crippen LogP contribution < -0.4 is 5.01 Å². The molecule has 0 heterocycles. The number of hydrazine groups is 1. The Balaban J connectivity index is 2.65. The first kappa shape index (κ1) is 34.6. The fourth-order valence-corrected chi connectivity index (χ4v) is 5.61. The highest BCUT2D eigenvalue weighted by Crippen LogP contribution is 2.40. The van der Waals surface area contributed by atoms with Gasteiger partial charge in [0.1, 0.15) is 5.60 Å². The predicted octanol–water partition coefficient (Wildman–Crippen LogP) is 8.50. The van der Waals surface area contributed by atoms with Crippen molar-refractivity contribution in [1.82, 2.24) is 5.01 Å². The fraction of sp³-hybridized carbons (Fsp3) is 0.562. The predicted molar refractivity (Wildman–Crippen MR) is 170 cm³/mol. The molecule has 0 bridgehead atoms. The molecule has 228 valence electrons. The molecule has 0 aromatic heterocycles. The average molecular weight is 605 g/mol. The maximum Gasteiger partial charge on any atom is 0.429 e. The summed E-state index contributed by atoms with van der Waals surface area (Å²) in [6, 6.07) is 13.5. The number of benzene rings is 2. The van der Waals surface area contributed by atoms with Crippen LogP contribution in [0.5, 0.6) is 0 Å². The second kappa shape index (κ2) is 14.1. The molecule has 0 saturated carbocycles. The third-order valence-corrected chi connectivity index (χ3v) is 12.0. The number of anilines is 1. The molecule has 0 fully saturated rings. The Bertz CT molecular complexity index is 1190. The van der Waals surface area contributed by atoms with Gasteiger partial charge in [0, 0.05) is 11.6 Å². The lowest BCUT2D eigenvalue weighted by atomic mass is 10.1. The quantitative estimate of drug-likeness (QED) is 0.145. The molecule has 0 spiro atoms. The van der Waals surface area contributed by atoms with E-state index in [-0.39, 0.29) is 24.0 Å². The SMILES string of the molecule is CCCN(c1ccc(CC(=O)OC)cc1C)N(C[C@H](O[Si](C)(C)C(C)(C)C)c1cccc(Cl)c1)C(=O)OC(C)(C)C. The number of methoxy groups -OCH3 is 1. The molecule has 1 atom stereocenters. The Hall–Kier alpha value is -2.55. The van der Waals surface area contributed by atoms with Crippen molar-refractivity contribution >= 4 is 37.7 Å². The minimum absolute atomic E-state index is 0.0459. The van der Waals surface area contributed by atoms with E-state index in [4.69, 9.17) is 25.5 Å². The molecule has 2 rings (SSSR count). The number of carbonyl (C=O) groups excluding carboxylic acids is 2. The third-order valence-electron chi connectivity index (χ3n) is 7.25. The molecule has 0 unspecified atom stereocenters. The first-order chi connectivity index (χ1) is 18.9. The number of nitrogens with zero attached hydrogens (tertiary/aromatic N) is 2. The van der Waals surface area contributed by atoms with Crippen molar-refractivity contribution in [3.8, 4) is 0 Å². The van der Waals surface area contributed by atoms with Gasteiger partial charge in [-0.2, -0.15) is 0 Å². The molecule has 9 heteroatoms. The summed E-state index contributed by atoms with van der Waals surface area (Å²) in [5, 5.41) is 4.20. The van der Waals surface area contributed by atoms with Crippen molar-refractivity contribution in [2.75, 3.05) is 25.2 Å². The van der Waals surface area contributed by atoms with E-state index in [9.17, 15) is 9.59 Å². The van der Waals surface area contributed by atoms with Crippen molar-refractivity contribution < 1.29 is 23.5 Å². The normalized spacial score (nSPS) is 13.0. The third kappa shape index (κ3) is 10.0. The average Bonchev–Trinajstić information content (AvgIpc) is 2.83. The number of aryl methyl sites for hydroxylation is 1. The van der Waals surface area contributed by atoms with Crippen LogP contribution in [0.2, 0.25) is 23.2 Å². The Labute approximate surface area is 253 Å². The van der Waals surface area contributed by atoms with Crippen LogP contribution >= 0.6 is 11.6 Å². The van der Waals surface area contributed by atoms with Gasteiger partial charge in [0.25, 0.3) is 0 Å². The highest BCUT2D eigenvalue weighted by atomic mass is 35.5. The second-order valence-electron chi connectivity index (χ2n) is 13.0. The van der Waals surface area contributed by atoms with E-state index in [1.807, 2.05) is 75.2 Å². The molecule has 0 saturated heterocycles. The Morgan fingerprint density at radius 2 is 1.68 bits per heavy atom. The molecule has 0 N–H and O–H groups in total. The highest BCUT2D eigenvalue weighted by Gasteiger charge is 2.41. The van der Waals surface area contributed by atoms with E-state index < -0.39 is 26.1 Å².